The van der Waals surface area contributed by atoms with Crippen molar-refractivity contribution in [3.05, 3.63) is 81.2 Å². The summed E-state index contributed by atoms with van der Waals surface area (Å²) in [7, 11) is -6.39. The summed E-state index contributed by atoms with van der Waals surface area (Å²) in [6, 6.07) is 7.35. The molecular weight excluding hydrogens is 767 g/mol. The van der Waals surface area contributed by atoms with Crippen molar-refractivity contribution in [2.45, 2.75) is 47.8 Å². The average Bonchev–Trinajstić information content (AvgIpc) is 3.90. The summed E-state index contributed by atoms with van der Waals surface area (Å²) in [5, 5.41) is 11.8. The summed E-state index contributed by atoms with van der Waals surface area (Å²) in [6.45, 7) is -3.04. The van der Waals surface area contributed by atoms with E-state index < -0.39 is 43.6 Å². The minimum Gasteiger partial charge on any atom is -0.619 e. The Morgan fingerprint density at radius 2 is 1.74 bits per heavy atom. The molecule has 0 radical (unpaired) electrons. The number of hydrogen-bond donors (Lipinski definition) is 1. The van der Waals surface area contributed by atoms with Gasteiger partial charge in [-0.2, -0.15) is 13.5 Å². The van der Waals surface area contributed by atoms with Gasteiger partial charge in [-0.05, 0) is 67.8 Å². The molecule has 1 saturated heterocycles. The fraction of sp³-hybridized carbons (Fsp3) is 0.400. The summed E-state index contributed by atoms with van der Waals surface area (Å²) in [5.41, 5.74) is 0.515. The van der Waals surface area contributed by atoms with Crippen molar-refractivity contribution in [3.8, 4) is 11.5 Å². The molecule has 2 heterocycles. The van der Waals surface area contributed by atoms with Crippen molar-refractivity contribution in [3.63, 3.8) is 0 Å². The minimum atomic E-state index is -4.16. The average molecular weight is 799 g/mol. The van der Waals surface area contributed by atoms with Crippen LogP contribution < -0.4 is 18.9 Å². The van der Waals surface area contributed by atoms with Crippen LogP contribution in [0.4, 0.5) is 8.78 Å². The van der Waals surface area contributed by atoms with Crippen LogP contribution in [0.5, 0.6) is 11.5 Å². The van der Waals surface area contributed by atoms with Crippen LogP contribution in [-0.4, -0.2) is 73.2 Å². The number of nitrogens with zero attached hydrogens (tertiary/aromatic N) is 2. The van der Waals surface area contributed by atoms with Gasteiger partial charge < -0.3 is 24.2 Å². The first-order valence-electron chi connectivity index (χ1n) is 15.0. The Labute approximate surface area is 300 Å². The molecule has 2 fully saturated rings. The highest BCUT2D eigenvalue weighted by Gasteiger charge is 2.37. The normalized spacial score (nSPS) is 17.8. The predicted molar refractivity (Wildman–Crippen MR) is 178 cm³/mol. The van der Waals surface area contributed by atoms with Crippen LogP contribution in [-0.2, 0) is 39.6 Å². The minimum absolute atomic E-state index is 0.000786. The first-order chi connectivity index (χ1) is 23.7. The molecule has 13 nitrogen and oxygen atoms in total. The maximum absolute atomic E-state index is 13.8. The highest BCUT2D eigenvalue weighted by atomic mass is 35.5. The third-order valence-corrected chi connectivity index (χ3v) is 13.2. The molecular formula is C30H31Cl2F2N3O10S3. The number of hydrogen-bond acceptors (Lipinski definition) is 12. The van der Waals surface area contributed by atoms with Gasteiger partial charge in [-0.15, -0.1) is 0 Å². The maximum atomic E-state index is 13.8. The van der Waals surface area contributed by atoms with Crippen molar-refractivity contribution >= 4 is 59.0 Å². The van der Waals surface area contributed by atoms with E-state index in [-0.39, 0.29) is 81.2 Å². The molecule has 1 aliphatic heterocycles. The van der Waals surface area contributed by atoms with Gasteiger partial charge >= 0.3 is 12.6 Å². The van der Waals surface area contributed by atoms with E-state index in [0.717, 1.165) is 49.5 Å². The van der Waals surface area contributed by atoms with Crippen molar-refractivity contribution < 1.29 is 54.1 Å². The monoisotopic (exact) mass is 797 g/mol. The van der Waals surface area contributed by atoms with E-state index in [1.165, 1.54) is 29.6 Å². The first kappa shape index (κ1) is 38.3. The number of benzene rings is 2. The molecule has 1 unspecified atom stereocenters. The van der Waals surface area contributed by atoms with Gasteiger partial charge in [-0.3, -0.25) is 4.79 Å². The van der Waals surface area contributed by atoms with Gasteiger partial charge in [0.05, 0.1) is 40.6 Å². The summed E-state index contributed by atoms with van der Waals surface area (Å²) in [6.07, 6.45) is 2.59. The second kappa shape index (κ2) is 16.1. The van der Waals surface area contributed by atoms with E-state index in [1.54, 1.807) is 0 Å². The summed E-state index contributed by atoms with van der Waals surface area (Å²) >= 11 is 12.7. The molecule has 0 bridgehead atoms. The second-order valence-electron chi connectivity index (χ2n) is 11.2. The highest BCUT2D eigenvalue weighted by Crippen LogP contribution is 2.39. The molecule has 20 heteroatoms. The fourth-order valence-corrected chi connectivity index (χ4v) is 9.24. The SMILES string of the molecule is CNS(=O)(=O)c1ccc(S(=O)(=O)SN2CCOCC2C(=O)O[C@@H](Cc2c(Cl)c[n+]([O-])cc2Cl)c2ccc(OC(F)F)c(OCC3CC3)c2)cc1. The number of pyridine rings is 1. The van der Waals surface area contributed by atoms with Crippen molar-refractivity contribution in [2.75, 3.05) is 33.4 Å². The number of carbonyl (C=O) groups is 1. The standard InChI is InChI=1S/C30H31Cl2F2N3O10S3/c1-35-49(40,41)20-5-7-21(8-6-20)50(42,43)48-37-10-11-44-17-25(37)29(38)46-27(13-22-23(31)14-36(39)15-24(22)32)19-4-9-26(47-30(33)34)28(12-19)45-16-18-2-3-18/h4-9,12,14-15,18,25,27,30,35H,2-3,10-11,13,16-17H2,1H3/t25?,27-/m0/s1. The van der Waals surface area contributed by atoms with E-state index in [4.69, 9.17) is 37.4 Å². The molecule has 50 heavy (non-hydrogen) atoms. The lowest BCUT2D eigenvalue weighted by Gasteiger charge is -2.33. The van der Waals surface area contributed by atoms with Gasteiger partial charge in [0.2, 0.25) is 18.9 Å². The molecule has 1 aliphatic carbocycles. The predicted octanol–water partition coefficient (Wildman–Crippen LogP) is 4.49. The van der Waals surface area contributed by atoms with Crippen LogP contribution in [0.2, 0.25) is 10.0 Å². The Bertz CT molecular complexity index is 1900. The highest BCUT2D eigenvalue weighted by molar-refractivity contribution is 8.71. The Kier molecular flexibility index (Phi) is 12.4. The molecule has 2 aliphatic rings. The summed E-state index contributed by atoms with van der Waals surface area (Å²) < 4.78 is 103. The number of halogens is 4. The van der Waals surface area contributed by atoms with Crippen LogP contribution in [0.3, 0.4) is 0 Å². The Morgan fingerprint density at radius 1 is 1.08 bits per heavy atom. The van der Waals surface area contributed by atoms with E-state index in [1.807, 2.05) is 0 Å². The summed E-state index contributed by atoms with van der Waals surface area (Å²) in [4.78, 5) is 13.5. The fourth-order valence-electron chi connectivity index (χ4n) is 4.82. The molecule has 1 N–H and O–H groups in total. The molecule has 272 valence electrons. The Hall–Kier alpha value is -2.97. The number of nitrogens with one attached hydrogen (secondary N) is 1. The first-order valence-corrected chi connectivity index (χ1v) is 20.0. The van der Waals surface area contributed by atoms with E-state index in [0.29, 0.717) is 15.7 Å². The van der Waals surface area contributed by atoms with E-state index >= 15 is 0 Å². The zero-order valence-electron chi connectivity index (χ0n) is 26.2. The van der Waals surface area contributed by atoms with Crippen LogP contribution >= 0.6 is 34.2 Å². The van der Waals surface area contributed by atoms with Gasteiger partial charge in [-0.1, -0.05) is 29.3 Å². The van der Waals surface area contributed by atoms with Crippen molar-refractivity contribution in [2.24, 2.45) is 5.92 Å². The maximum Gasteiger partial charge on any atom is 0.387 e. The zero-order valence-corrected chi connectivity index (χ0v) is 30.1. The number of alkyl halides is 2. The van der Waals surface area contributed by atoms with Crippen LogP contribution in [0.25, 0.3) is 0 Å². The molecule has 2 aromatic carbocycles. The largest absolute Gasteiger partial charge is 0.619 e. The van der Waals surface area contributed by atoms with Crippen LogP contribution in [0.15, 0.2) is 64.6 Å². The van der Waals surface area contributed by atoms with Crippen molar-refractivity contribution in [1.82, 2.24) is 9.03 Å². The zero-order chi connectivity index (χ0) is 36.2. The molecule has 0 spiro atoms. The smallest absolute Gasteiger partial charge is 0.387 e. The number of aromatic nitrogens is 1. The Morgan fingerprint density at radius 3 is 2.36 bits per heavy atom. The molecule has 0 amide bonds. The van der Waals surface area contributed by atoms with Gasteiger partial charge in [0.15, 0.2) is 23.9 Å². The quantitative estimate of drug-likeness (QED) is 0.0755. The topological polar surface area (TPSA) is 164 Å². The number of sulfonamides is 1. The third kappa shape index (κ3) is 9.67. The number of morpholine rings is 1. The van der Waals surface area contributed by atoms with Crippen LogP contribution in [0.1, 0.15) is 30.1 Å². The number of esters is 1. The van der Waals surface area contributed by atoms with Crippen molar-refractivity contribution in [1.29, 1.82) is 0 Å². The molecule has 5 rings (SSSR count). The van der Waals surface area contributed by atoms with E-state index in [2.05, 4.69) is 9.46 Å². The lowest BCUT2D eigenvalue weighted by Crippen LogP contribution is -2.47. The molecule has 1 aromatic heterocycles. The van der Waals surface area contributed by atoms with Gasteiger partial charge in [0, 0.05) is 18.5 Å². The van der Waals surface area contributed by atoms with Gasteiger partial charge in [-0.25, -0.2) is 25.9 Å². The van der Waals surface area contributed by atoms with E-state index in [9.17, 15) is 35.6 Å². The number of rotatable bonds is 15. The second-order valence-corrected chi connectivity index (χ2v) is 17.7. The number of ether oxygens (including phenoxy) is 4. The molecule has 2 atom stereocenters. The molecule has 3 aromatic rings. The lowest BCUT2D eigenvalue weighted by atomic mass is 10.0. The van der Waals surface area contributed by atoms with Gasteiger partial charge in [0.1, 0.15) is 22.2 Å². The Balaban J connectivity index is 1.43. The molecule has 1 saturated carbocycles. The number of carbonyl (C=O) groups excluding carboxylic acids is 1. The van der Waals surface area contributed by atoms with Gasteiger partial charge in [0.25, 0.3) is 0 Å². The third-order valence-electron chi connectivity index (χ3n) is 7.67. The summed E-state index contributed by atoms with van der Waals surface area (Å²) in [5.74, 6) is -0.889. The van der Waals surface area contributed by atoms with Crippen LogP contribution in [0, 0.1) is 11.1 Å². The lowest BCUT2D eigenvalue weighted by molar-refractivity contribution is -0.605.